The second kappa shape index (κ2) is 8.76. The van der Waals surface area contributed by atoms with Gasteiger partial charge in [0.25, 0.3) is 10.8 Å². The van der Waals surface area contributed by atoms with Gasteiger partial charge in [-0.25, -0.2) is 18.2 Å². The summed E-state index contributed by atoms with van der Waals surface area (Å²) in [6, 6.07) is 10.2. The van der Waals surface area contributed by atoms with E-state index in [1.165, 1.54) is 24.4 Å². The Balaban J connectivity index is 1.58. The summed E-state index contributed by atoms with van der Waals surface area (Å²) in [5.41, 5.74) is 7.27. The Labute approximate surface area is 187 Å². The number of halogens is 1. The summed E-state index contributed by atoms with van der Waals surface area (Å²) < 4.78 is 38.6. The normalized spacial score (nSPS) is 15.4. The minimum absolute atomic E-state index is 0.290. The van der Waals surface area contributed by atoms with Gasteiger partial charge in [0.05, 0.1) is 21.2 Å². The molecular formula is C21H16FN5O5S. The summed E-state index contributed by atoms with van der Waals surface area (Å²) in [6.07, 6.45) is 4.46. The molecule has 1 unspecified atom stereocenters. The van der Waals surface area contributed by atoms with E-state index in [0.29, 0.717) is 22.6 Å². The molecule has 0 bridgehead atoms. The Hall–Kier alpha value is -4.16. The third-order valence-corrected chi connectivity index (χ3v) is 6.48. The summed E-state index contributed by atoms with van der Waals surface area (Å²) in [7, 11) is -4.41. The zero-order valence-corrected chi connectivity index (χ0v) is 17.5. The van der Waals surface area contributed by atoms with E-state index in [1.54, 1.807) is 24.4 Å². The van der Waals surface area contributed by atoms with Gasteiger partial charge >= 0.3 is 0 Å². The van der Waals surface area contributed by atoms with Gasteiger partial charge in [-0.3, -0.25) is 19.9 Å². The maximum Gasteiger partial charge on any atom is 0.273 e. The fourth-order valence-corrected chi connectivity index (χ4v) is 4.31. The molecule has 3 N–H and O–H groups in total. The Morgan fingerprint density at radius 3 is 2.45 bits per heavy atom. The number of pyridine rings is 1. The molecule has 1 aliphatic rings. The minimum atomic E-state index is -4.41. The monoisotopic (exact) mass is 469 g/mol. The molecule has 2 aromatic carbocycles. The maximum atomic E-state index is 13.2. The van der Waals surface area contributed by atoms with Crippen molar-refractivity contribution in [2.45, 2.75) is 10.9 Å². The number of carbonyl (C=O) groups excluding carboxylic acids is 1. The zero-order valence-electron chi connectivity index (χ0n) is 16.7. The highest BCUT2D eigenvalue weighted by Crippen LogP contribution is 2.27. The molecule has 33 heavy (non-hydrogen) atoms. The minimum Gasteiger partial charge on any atom is -0.355 e. The predicted octanol–water partition coefficient (Wildman–Crippen LogP) is 2.69. The SMILES string of the molecule is O=C(C1C=C(c2cnccc2Nc2ccc(F)cc2)NN1)S(=O)(=O)c1ccc([N+](=O)[O-])cc1. The van der Waals surface area contributed by atoms with Crippen LogP contribution in [0.1, 0.15) is 5.56 Å². The standard InChI is InChI=1S/C21H16FN5O5S/c22-13-1-3-14(4-2-13)24-18-9-10-23-12-17(18)19-11-20(26-25-19)21(28)33(31,32)16-7-5-15(6-8-16)27(29)30/h1-12,20,25-26H,(H,23,24). The molecule has 0 saturated carbocycles. The lowest BCUT2D eigenvalue weighted by Crippen LogP contribution is -2.40. The number of aromatic nitrogens is 1. The fraction of sp³-hybridized carbons (Fsp3) is 0.0476. The van der Waals surface area contributed by atoms with Gasteiger partial charge in [-0.05, 0) is 48.5 Å². The number of nitro benzene ring substituents is 1. The van der Waals surface area contributed by atoms with E-state index < -0.39 is 25.9 Å². The van der Waals surface area contributed by atoms with Crippen molar-refractivity contribution in [3.8, 4) is 0 Å². The third kappa shape index (κ3) is 4.56. The van der Waals surface area contributed by atoms with Crippen molar-refractivity contribution in [2.75, 3.05) is 5.32 Å². The van der Waals surface area contributed by atoms with Crippen LogP contribution in [0.3, 0.4) is 0 Å². The van der Waals surface area contributed by atoms with Gasteiger partial charge in [0.2, 0.25) is 9.84 Å². The van der Waals surface area contributed by atoms with Crippen molar-refractivity contribution < 1.29 is 22.5 Å². The van der Waals surface area contributed by atoms with Crippen LogP contribution in [-0.2, 0) is 14.6 Å². The Bertz CT molecular complexity index is 1360. The Kier molecular flexibility index (Phi) is 5.85. The zero-order chi connectivity index (χ0) is 23.6. The van der Waals surface area contributed by atoms with Crippen LogP contribution < -0.4 is 16.2 Å². The average molecular weight is 469 g/mol. The summed E-state index contributed by atoms with van der Waals surface area (Å²) >= 11 is 0. The molecule has 2 heterocycles. The lowest BCUT2D eigenvalue weighted by molar-refractivity contribution is -0.384. The molecule has 0 fully saturated rings. The molecule has 0 aliphatic carbocycles. The first-order chi connectivity index (χ1) is 15.8. The number of hydrazine groups is 1. The highest BCUT2D eigenvalue weighted by molar-refractivity contribution is 8.06. The number of anilines is 2. The van der Waals surface area contributed by atoms with Crippen molar-refractivity contribution in [3.63, 3.8) is 0 Å². The van der Waals surface area contributed by atoms with Crippen LogP contribution in [0, 0.1) is 15.9 Å². The summed E-state index contributed by atoms with van der Waals surface area (Å²) in [5.74, 6) is -0.379. The van der Waals surface area contributed by atoms with Crippen LogP contribution in [0.5, 0.6) is 0 Å². The number of non-ortho nitro benzene ring substituents is 1. The van der Waals surface area contributed by atoms with Crippen LogP contribution >= 0.6 is 0 Å². The first-order valence-electron chi connectivity index (χ1n) is 9.49. The van der Waals surface area contributed by atoms with E-state index in [4.69, 9.17) is 0 Å². The first kappa shape index (κ1) is 22.0. The topological polar surface area (TPSA) is 143 Å². The van der Waals surface area contributed by atoms with Gasteiger partial charge in [0.1, 0.15) is 11.9 Å². The molecule has 1 aromatic heterocycles. The van der Waals surface area contributed by atoms with Crippen LogP contribution in [0.4, 0.5) is 21.5 Å². The number of hydrogen-bond acceptors (Lipinski definition) is 9. The molecule has 168 valence electrons. The summed E-state index contributed by atoms with van der Waals surface area (Å²) in [6.45, 7) is 0. The van der Waals surface area contributed by atoms with E-state index in [1.807, 2.05) is 0 Å². The molecule has 0 radical (unpaired) electrons. The second-order valence-corrected chi connectivity index (χ2v) is 8.83. The van der Waals surface area contributed by atoms with Crippen LogP contribution in [-0.4, -0.2) is 29.5 Å². The van der Waals surface area contributed by atoms with Crippen molar-refractivity contribution in [1.82, 2.24) is 15.8 Å². The van der Waals surface area contributed by atoms with E-state index in [0.717, 1.165) is 24.3 Å². The molecular weight excluding hydrogens is 453 g/mol. The van der Waals surface area contributed by atoms with E-state index >= 15 is 0 Å². The number of nitrogens with zero attached hydrogens (tertiary/aromatic N) is 2. The fourth-order valence-electron chi connectivity index (χ4n) is 3.13. The van der Waals surface area contributed by atoms with Gasteiger partial charge in [0, 0.05) is 35.8 Å². The third-order valence-electron chi connectivity index (χ3n) is 4.81. The number of nitro groups is 1. The van der Waals surface area contributed by atoms with Crippen molar-refractivity contribution in [3.05, 3.63) is 94.6 Å². The number of rotatable bonds is 6. The Morgan fingerprint density at radius 1 is 1.09 bits per heavy atom. The lowest BCUT2D eigenvalue weighted by atomic mass is 10.1. The molecule has 0 spiro atoms. The molecule has 3 aromatic rings. The largest absolute Gasteiger partial charge is 0.355 e. The maximum absolute atomic E-state index is 13.2. The number of nitrogens with one attached hydrogen (secondary N) is 3. The predicted molar refractivity (Wildman–Crippen MR) is 117 cm³/mol. The van der Waals surface area contributed by atoms with Gasteiger partial charge in [0.15, 0.2) is 0 Å². The number of hydrogen-bond donors (Lipinski definition) is 3. The van der Waals surface area contributed by atoms with E-state index in [2.05, 4.69) is 21.2 Å². The summed E-state index contributed by atoms with van der Waals surface area (Å²) in [5, 5.41) is 12.8. The number of sulfone groups is 1. The average Bonchev–Trinajstić information content (AvgIpc) is 3.30. The van der Waals surface area contributed by atoms with Crippen LogP contribution in [0.2, 0.25) is 0 Å². The summed E-state index contributed by atoms with van der Waals surface area (Å²) in [4.78, 5) is 26.6. The molecule has 4 rings (SSSR count). The number of carbonyl (C=O) groups is 1. The van der Waals surface area contributed by atoms with Crippen LogP contribution in [0.15, 0.2) is 78.0 Å². The molecule has 1 aliphatic heterocycles. The molecule has 10 nitrogen and oxygen atoms in total. The van der Waals surface area contributed by atoms with Gasteiger partial charge in [-0.2, -0.15) is 0 Å². The smallest absolute Gasteiger partial charge is 0.273 e. The first-order valence-corrected chi connectivity index (χ1v) is 11.0. The quantitative estimate of drug-likeness (QED) is 0.367. The lowest BCUT2D eigenvalue weighted by Gasteiger charge is -2.12. The second-order valence-electron chi connectivity index (χ2n) is 6.95. The molecule has 0 saturated heterocycles. The highest BCUT2D eigenvalue weighted by Gasteiger charge is 2.34. The Morgan fingerprint density at radius 2 is 1.79 bits per heavy atom. The van der Waals surface area contributed by atoms with Gasteiger partial charge < -0.3 is 10.7 Å². The highest BCUT2D eigenvalue weighted by atomic mass is 32.2. The van der Waals surface area contributed by atoms with E-state index in [-0.39, 0.29) is 16.4 Å². The van der Waals surface area contributed by atoms with Crippen molar-refractivity contribution in [2.24, 2.45) is 0 Å². The molecule has 0 amide bonds. The van der Waals surface area contributed by atoms with Crippen molar-refractivity contribution in [1.29, 1.82) is 0 Å². The van der Waals surface area contributed by atoms with Gasteiger partial charge in [-0.1, -0.05) is 0 Å². The number of benzene rings is 2. The van der Waals surface area contributed by atoms with Crippen LogP contribution in [0.25, 0.3) is 5.70 Å². The molecule has 12 heteroatoms. The molecule has 1 atom stereocenters. The van der Waals surface area contributed by atoms with E-state index in [9.17, 15) is 27.7 Å². The van der Waals surface area contributed by atoms with Crippen molar-refractivity contribution >= 4 is 37.7 Å². The van der Waals surface area contributed by atoms with Gasteiger partial charge in [-0.15, -0.1) is 0 Å².